The summed E-state index contributed by atoms with van der Waals surface area (Å²) in [5.74, 6) is -1.41. The number of aliphatic hydroxyl groups is 2. The van der Waals surface area contributed by atoms with Crippen molar-refractivity contribution in [2.45, 2.75) is 103 Å². The topological polar surface area (TPSA) is 103 Å². The molecular weight excluding hydrogens is 1020 g/mol. The van der Waals surface area contributed by atoms with E-state index in [4.69, 9.17) is 9.47 Å². The number of hydrogen-bond donors (Lipinski definition) is 4. The summed E-state index contributed by atoms with van der Waals surface area (Å²) >= 11 is 0. The molecule has 4 aromatic heterocycles. The zero-order valence-corrected chi connectivity index (χ0v) is 45.0. The van der Waals surface area contributed by atoms with E-state index in [1.54, 1.807) is 48.5 Å². The van der Waals surface area contributed by atoms with Gasteiger partial charge >= 0.3 is 0 Å². The molecule has 410 valence electrons. The molecule has 80 heavy (non-hydrogen) atoms. The maximum absolute atomic E-state index is 15.1. The van der Waals surface area contributed by atoms with Crippen molar-refractivity contribution < 1.29 is 37.2 Å². The molecule has 10 nitrogen and oxygen atoms in total. The molecule has 0 radical (unpaired) electrons. The molecule has 4 atom stereocenters. The molecule has 0 bridgehead atoms. The van der Waals surface area contributed by atoms with Gasteiger partial charge in [0.1, 0.15) is 29.4 Å². The Balaban J connectivity index is 0.950. The quantitative estimate of drug-likeness (QED) is 0.0535. The van der Waals surface area contributed by atoms with Crippen LogP contribution < -0.4 is 10.6 Å². The molecule has 4 N–H and O–H groups in total. The predicted octanol–water partition coefficient (Wildman–Crippen LogP) is 13.0. The van der Waals surface area contributed by atoms with Gasteiger partial charge in [0, 0.05) is 106 Å². The lowest BCUT2D eigenvalue weighted by molar-refractivity contribution is -0.130. The van der Waals surface area contributed by atoms with Crippen molar-refractivity contribution in [2.75, 3.05) is 13.2 Å². The highest BCUT2D eigenvalue weighted by Crippen LogP contribution is 2.36. The van der Waals surface area contributed by atoms with Gasteiger partial charge in [0.25, 0.3) is 0 Å². The summed E-state index contributed by atoms with van der Waals surface area (Å²) in [7, 11) is 0. The zero-order valence-electron chi connectivity index (χ0n) is 45.0. The van der Waals surface area contributed by atoms with E-state index in [0.29, 0.717) is 0 Å². The molecule has 0 saturated heterocycles. The first-order chi connectivity index (χ1) is 38.8. The van der Waals surface area contributed by atoms with Crippen molar-refractivity contribution in [3.63, 3.8) is 0 Å². The minimum absolute atomic E-state index is 0.00250. The Kier molecular flexibility index (Phi) is 14.7. The van der Waals surface area contributed by atoms with E-state index in [1.165, 1.54) is 24.3 Å². The van der Waals surface area contributed by atoms with Gasteiger partial charge in [-0.3, -0.25) is 0 Å². The largest absolute Gasteiger partial charge is 0.389 e. The molecule has 0 amide bonds. The van der Waals surface area contributed by atoms with Crippen LogP contribution in [0.25, 0.3) is 87.2 Å². The third kappa shape index (κ3) is 10.2. The van der Waals surface area contributed by atoms with Crippen LogP contribution in [0, 0.1) is 23.3 Å². The third-order valence-corrected chi connectivity index (χ3v) is 15.7. The minimum Gasteiger partial charge on any atom is -0.389 e. The van der Waals surface area contributed by atoms with Gasteiger partial charge in [-0.2, -0.15) is 0 Å². The van der Waals surface area contributed by atoms with Gasteiger partial charge in [-0.25, -0.2) is 17.6 Å². The van der Waals surface area contributed by atoms with Gasteiger partial charge in [-0.15, -0.1) is 0 Å². The Hall–Kier alpha value is -7.56. The number of hydrogen-bond acceptors (Lipinski definition) is 6. The van der Waals surface area contributed by atoms with Crippen LogP contribution in [0.15, 0.2) is 170 Å². The van der Waals surface area contributed by atoms with Crippen molar-refractivity contribution in [1.82, 2.24) is 28.9 Å². The Morgan fingerprint density at radius 2 is 0.725 bits per heavy atom. The summed E-state index contributed by atoms with van der Waals surface area (Å²) in [5.41, 5.74) is 6.70. The monoisotopic (exact) mass is 1080 g/mol. The van der Waals surface area contributed by atoms with Crippen LogP contribution in [-0.4, -0.2) is 90.3 Å². The molecule has 0 fully saturated rings. The van der Waals surface area contributed by atoms with Crippen molar-refractivity contribution >= 4 is 87.2 Å². The second-order valence-electron chi connectivity index (χ2n) is 21.9. The number of fused-ring (bicyclic) bond motifs is 12. The van der Waals surface area contributed by atoms with E-state index < -0.39 is 36.6 Å². The highest BCUT2D eigenvalue weighted by atomic mass is 19.1. The molecule has 4 heterocycles. The lowest BCUT2D eigenvalue weighted by Crippen LogP contribution is -2.60. The van der Waals surface area contributed by atoms with Gasteiger partial charge in [0.2, 0.25) is 0 Å². The lowest BCUT2D eigenvalue weighted by Gasteiger charge is -2.39. The number of nitrogens with zero attached hydrogens (tertiary/aromatic N) is 4. The van der Waals surface area contributed by atoms with E-state index in [1.807, 2.05) is 125 Å². The highest BCUT2D eigenvalue weighted by Gasteiger charge is 2.38. The van der Waals surface area contributed by atoms with Crippen LogP contribution in [0.3, 0.4) is 0 Å². The molecule has 0 aliphatic carbocycles. The second kappa shape index (κ2) is 22.2. The zero-order chi connectivity index (χ0) is 55.3. The van der Waals surface area contributed by atoms with Gasteiger partial charge < -0.3 is 48.6 Å². The number of ether oxygens (including phenoxy) is 2. The van der Waals surface area contributed by atoms with Gasteiger partial charge in [-0.1, -0.05) is 100 Å². The van der Waals surface area contributed by atoms with Crippen LogP contribution in [0.4, 0.5) is 17.6 Å². The highest BCUT2D eigenvalue weighted by molar-refractivity contribution is 6.10. The van der Waals surface area contributed by atoms with E-state index in [2.05, 4.69) is 28.9 Å². The van der Waals surface area contributed by atoms with E-state index >= 15 is 8.78 Å². The van der Waals surface area contributed by atoms with Crippen LogP contribution in [0.2, 0.25) is 0 Å². The average Bonchev–Trinajstić information content (AvgIpc) is 4.25. The van der Waals surface area contributed by atoms with E-state index in [9.17, 15) is 19.0 Å². The fourth-order valence-electron chi connectivity index (χ4n) is 12.3. The fraction of sp³-hybridized carbons (Fsp3) is 0.273. The maximum atomic E-state index is 15.1. The number of aliphatic hydroxyl groups excluding tert-OH is 2. The summed E-state index contributed by atoms with van der Waals surface area (Å²) < 4.78 is 83.2. The van der Waals surface area contributed by atoms with Crippen LogP contribution in [-0.2, 0) is 35.7 Å². The summed E-state index contributed by atoms with van der Waals surface area (Å²) in [6.07, 6.45) is -4.93. The van der Waals surface area contributed by atoms with Gasteiger partial charge in [0.15, 0.2) is 0 Å². The standard InChI is InChI=1S/C66H64F4N6O4/c1-39(2)71-33-63(77)66(80-46(36-75-57-19-11-7-15-49(57)53-31-43(69)23-27-61(53)75)37-76-58-20-12-8-16-50(58)54-32-44(70)24-28-62(54)76)65(72-40(3)4)64(78)38-79-45(34-73-55-17-9-5-13-47(55)51-29-41(67)21-25-59(51)73)35-74-56-18-10-6-14-48(56)52-30-42(68)22-26-60(52)74/h5-32,39-40,45-46,63-66,71-72,77-78H,33-38H2,1-4H3. The van der Waals surface area contributed by atoms with Gasteiger partial charge in [0.05, 0.1) is 63.2 Å². The molecule has 0 spiro atoms. The van der Waals surface area contributed by atoms with Crippen LogP contribution >= 0.6 is 0 Å². The molecule has 0 saturated carbocycles. The number of para-hydroxylation sites is 4. The third-order valence-electron chi connectivity index (χ3n) is 15.7. The summed E-state index contributed by atoms with van der Waals surface area (Å²) in [6.45, 7) is 8.89. The first kappa shape index (κ1) is 53.1. The summed E-state index contributed by atoms with van der Waals surface area (Å²) in [4.78, 5) is 0. The molecule has 0 aliphatic rings. The van der Waals surface area contributed by atoms with Crippen molar-refractivity contribution in [3.8, 4) is 0 Å². The van der Waals surface area contributed by atoms with E-state index in [-0.39, 0.29) is 74.7 Å². The Morgan fingerprint density at radius 1 is 0.400 bits per heavy atom. The van der Waals surface area contributed by atoms with Crippen LogP contribution in [0.1, 0.15) is 27.7 Å². The number of aromatic nitrogens is 4. The fourth-order valence-corrected chi connectivity index (χ4v) is 12.3. The molecule has 12 rings (SSSR count). The average molecular weight is 1080 g/mol. The van der Waals surface area contributed by atoms with Crippen LogP contribution in [0.5, 0.6) is 0 Å². The van der Waals surface area contributed by atoms with Crippen molar-refractivity contribution in [3.05, 3.63) is 193 Å². The number of benzene rings is 8. The smallest absolute Gasteiger partial charge is 0.123 e. The molecule has 0 aliphatic heterocycles. The minimum atomic E-state index is -1.29. The first-order valence-electron chi connectivity index (χ1n) is 27.6. The Bertz CT molecular complexity index is 3980. The Morgan fingerprint density at radius 3 is 1.06 bits per heavy atom. The second-order valence-corrected chi connectivity index (χ2v) is 21.9. The van der Waals surface area contributed by atoms with Gasteiger partial charge in [-0.05, 0) is 97.1 Å². The maximum Gasteiger partial charge on any atom is 0.123 e. The van der Waals surface area contributed by atoms with Crippen molar-refractivity contribution in [1.29, 1.82) is 0 Å². The summed E-state index contributed by atoms with van der Waals surface area (Å²) in [5, 5.41) is 39.1. The molecule has 12 aromatic rings. The SMILES string of the molecule is CC(C)NCC(O)C(OC(Cn1c2ccccc2c2cc(F)ccc21)Cn1c2ccccc2c2cc(F)ccc21)C(NC(C)C)C(O)COC(Cn1c2ccccc2c2cc(F)ccc21)Cn1c2ccccc2c2cc(F)ccc21. The molecule has 14 heteroatoms. The number of nitrogens with one attached hydrogen (secondary N) is 2. The number of halogens is 4. The normalized spacial score (nSPS) is 14.1. The summed E-state index contributed by atoms with van der Waals surface area (Å²) in [6, 6.07) is 49.4. The van der Waals surface area contributed by atoms with Crippen molar-refractivity contribution in [2.24, 2.45) is 0 Å². The number of rotatable bonds is 21. The molecule has 8 aromatic carbocycles. The Labute approximate surface area is 460 Å². The van der Waals surface area contributed by atoms with E-state index in [0.717, 1.165) is 87.2 Å². The predicted molar refractivity (Wildman–Crippen MR) is 313 cm³/mol. The molecular formula is C66H64F4N6O4. The molecule has 4 unspecified atom stereocenters. The lowest BCUT2D eigenvalue weighted by atomic mass is 9.98. The first-order valence-corrected chi connectivity index (χ1v) is 27.6.